The number of hydrogen-bond acceptors (Lipinski definition) is 7. The number of hydrogen-bond donors (Lipinski definition) is 6. The van der Waals surface area contributed by atoms with Gasteiger partial charge in [-0.05, 0) is 43.0 Å². The number of nitrogens with one attached hydrogen (secondary N) is 4. The summed E-state index contributed by atoms with van der Waals surface area (Å²) in [5.41, 5.74) is 0.672. The van der Waals surface area contributed by atoms with Crippen LogP contribution in [0.2, 0.25) is 0 Å². The van der Waals surface area contributed by atoms with Crippen molar-refractivity contribution in [1.82, 2.24) is 26.3 Å². The number of pyridine rings is 1. The van der Waals surface area contributed by atoms with Crippen LogP contribution in [0.5, 0.6) is 5.75 Å². The number of carbonyl (C=O) groups is 4. The van der Waals surface area contributed by atoms with Gasteiger partial charge in [-0.3, -0.25) is 24.2 Å². The summed E-state index contributed by atoms with van der Waals surface area (Å²) in [5, 5.41) is 32.1. The number of aromatic nitrogens is 1. The molecule has 2 heterocycles. The van der Waals surface area contributed by atoms with Crippen molar-refractivity contribution in [2.24, 2.45) is 11.8 Å². The van der Waals surface area contributed by atoms with Gasteiger partial charge < -0.3 is 31.5 Å². The molecule has 1 aromatic carbocycles. The van der Waals surface area contributed by atoms with Crippen LogP contribution in [0.15, 0.2) is 48.8 Å². The maximum Gasteiger partial charge on any atom is 0.255 e. The number of aliphatic hydroxyl groups is 1. The fourth-order valence-corrected chi connectivity index (χ4v) is 4.33. The number of amides is 4. The predicted molar refractivity (Wildman–Crippen MR) is 139 cm³/mol. The van der Waals surface area contributed by atoms with Crippen molar-refractivity contribution in [2.45, 2.75) is 64.4 Å². The van der Waals surface area contributed by atoms with Crippen LogP contribution in [0, 0.1) is 11.8 Å². The number of aliphatic hydroxyl groups excluding tert-OH is 1. The Hall–Kier alpha value is -3.99. The normalized spacial score (nSPS) is 26.8. The lowest BCUT2D eigenvalue weighted by atomic mass is 9.91. The topological polar surface area (TPSA) is 170 Å². The lowest BCUT2D eigenvalue weighted by Crippen LogP contribution is -2.64. The average molecular weight is 526 g/mol. The van der Waals surface area contributed by atoms with Crippen LogP contribution in [0.1, 0.15) is 43.6 Å². The molecule has 11 heteroatoms. The van der Waals surface area contributed by atoms with Crippen LogP contribution >= 0.6 is 0 Å². The SMILES string of the molecule is CC(C)C1NC(=O)[C@H](C)[C@H](O)[C@H](Cc2cccnc2)NC(=O)[C@@H](NC(=O)c2ccccc2O)[C@@H](C)NC1=O. The third-order valence-electron chi connectivity index (χ3n) is 6.68. The fourth-order valence-electron chi connectivity index (χ4n) is 4.33. The average Bonchev–Trinajstić information content (AvgIpc) is 2.88. The molecule has 1 fully saturated rings. The van der Waals surface area contributed by atoms with Crippen LogP contribution in [0.25, 0.3) is 0 Å². The Kier molecular flexibility index (Phi) is 9.40. The quantitative estimate of drug-likeness (QED) is 0.325. The fraction of sp³-hybridized carbons (Fsp3) is 0.444. The van der Waals surface area contributed by atoms with Gasteiger partial charge in [0.05, 0.1) is 29.7 Å². The molecular formula is C27H35N5O6. The number of carbonyl (C=O) groups excluding carboxylic acids is 4. The highest BCUT2D eigenvalue weighted by atomic mass is 16.3. The maximum absolute atomic E-state index is 13.6. The molecule has 6 atom stereocenters. The van der Waals surface area contributed by atoms with Crippen LogP contribution < -0.4 is 21.3 Å². The van der Waals surface area contributed by atoms with E-state index in [0.717, 1.165) is 0 Å². The third-order valence-corrected chi connectivity index (χ3v) is 6.68. The Morgan fingerprint density at radius 2 is 1.71 bits per heavy atom. The number of rotatable bonds is 5. The van der Waals surface area contributed by atoms with Crippen LogP contribution in [-0.4, -0.2) is 69.1 Å². The number of para-hydroxylation sites is 1. The molecule has 1 unspecified atom stereocenters. The van der Waals surface area contributed by atoms with Crippen LogP contribution in [0.4, 0.5) is 0 Å². The minimum Gasteiger partial charge on any atom is -0.507 e. The molecule has 6 N–H and O–H groups in total. The number of phenols is 1. The van der Waals surface area contributed by atoms with Gasteiger partial charge in [0.2, 0.25) is 17.7 Å². The largest absolute Gasteiger partial charge is 0.507 e. The highest BCUT2D eigenvalue weighted by Crippen LogP contribution is 2.18. The van der Waals surface area contributed by atoms with E-state index >= 15 is 0 Å². The number of benzene rings is 1. The Morgan fingerprint density at radius 1 is 1.00 bits per heavy atom. The van der Waals surface area contributed by atoms with E-state index in [0.29, 0.717) is 5.56 Å². The lowest BCUT2D eigenvalue weighted by Gasteiger charge is -2.34. The van der Waals surface area contributed by atoms with Crippen LogP contribution in [-0.2, 0) is 20.8 Å². The highest BCUT2D eigenvalue weighted by Gasteiger charge is 2.38. The van der Waals surface area contributed by atoms with Crippen molar-refractivity contribution in [2.75, 3.05) is 0 Å². The summed E-state index contributed by atoms with van der Waals surface area (Å²) in [6, 6.07) is 5.33. The summed E-state index contributed by atoms with van der Waals surface area (Å²) in [6.45, 7) is 6.59. The summed E-state index contributed by atoms with van der Waals surface area (Å²) in [4.78, 5) is 56.8. The van der Waals surface area contributed by atoms with Crippen LogP contribution in [0.3, 0.4) is 0 Å². The van der Waals surface area contributed by atoms with E-state index in [4.69, 9.17) is 0 Å². The maximum atomic E-state index is 13.6. The van der Waals surface area contributed by atoms with Crippen molar-refractivity contribution >= 4 is 23.6 Å². The summed E-state index contributed by atoms with van der Waals surface area (Å²) >= 11 is 0. The number of aromatic hydroxyl groups is 1. The van der Waals surface area contributed by atoms with E-state index in [2.05, 4.69) is 26.3 Å². The van der Waals surface area contributed by atoms with E-state index in [1.54, 1.807) is 57.4 Å². The lowest BCUT2D eigenvalue weighted by molar-refractivity contribution is -0.136. The molecule has 1 saturated heterocycles. The number of nitrogens with zero attached hydrogens (tertiary/aromatic N) is 1. The monoisotopic (exact) mass is 525 g/mol. The molecule has 1 aromatic heterocycles. The molecule has 0 saturated carbocycles. The summed E-state index contributed by atoms with van der Waals surface area (Å²) < 4.78 is 0. The number of phenolic OH excluding ortho intramolecular Hbond substituents is 1. The standard InChI is InChI=1S/C27H35N5O6/c1-14(2)21-26(37)29-16(4)22(32-25(36)18-9-5-6-10-20(18)33)27(38)30-19(12-17-8-7-11-28-13-17)23(34)15(3)24(35)31-21/h5-11,13-16,19,21-23,33-34H,12H2,1-4H3,(H,29,37)(H,30,38)(H,31,35)(H,32,36)/t15-,16-,19+,21?,22+,23+/m1/s1. The van der Waals surface area contributed by atoms with Gasteiger partial charge >= 0.3 is 0 Å². The van der Waals surface area contributed by atoms with E-state index in [1.807, 2.05) is 0 Å². The molecule has 4 amide bonds. The molecule has 0 radical (unpaired) electrons. The second-order valence-corrected chi connectivity index (χ2v) is 9.96. The molecule has 204 valence electrons. The van der Waals surface area contributed by atoms with Gasteiger partial charge in [0.1, 0.15) is 17.8 Å². The Bertz CT molecular complexity index is 1160. The predicted octanol–water partition coefficient (Wildman–Crippen LogP) is 0.269. The first-order chi connectivity index (χ1) is 18.0. The Balaban J connectivity index is 1.99. The minimum atomic E-state index is -1.32. The zero-order valence-corrected chi connectivity index (χ0v) is 21.8. The molecule has 0 spiro atoms. The van der Waals surface area contributed by atoms with E-state index < -0.39 is 59.8 Å². The van der Waals surface area contributed by atoms with Crippen molar-refractivity contribution in [3.8, 4) is 5.75 Å². The molecule has 3 rings (SSSR count). The second-order valence-electron chi connectivity index (χ2n) is 9.96. The Morgan fingerprint density at radius 3 is 2.34 bits per heavy atom. The van der Waals surface area contributed by atoms with Gasteiger partial charge in [-0.15, -0.1) is 0 Å². The third kappa shape index (κ3) is 6.86. The van der Waals surface area contributed by atoms with Crippen molar-refractivity contribution in [3.63, 3.8) is 0 Å². The zero-order chi connectivity index (χ0) is 28.0. The summed E-state index contributed by atoms with van der Waals surface area (Å²) in [7, 11) is 0. The molecule has 38 heavy (non-hydrogen) atoms. The van der Waals surface area contributed by atoms with Gasteiger partial charge in [0, 0.05) is 12.4 Å². The van der Waals surface area contributed by atoms with E-state index in [9.17, 15) is 29.4 Å². The van der Waals surface area contributed by atoms with Gasteiger partial charge in [-0.1, -0.05) is 39.0 Å². The zero-order valence-electron chi connectivity index (χ0n) is 21.8. The van der Waals surface area contributed by atoms with Gasteiger partial charge in [-0.25, -0.2) is 0 Å². The van der Waals surface area contributed by atoms with Gasteiger partial charge in [0.15, 0.2) is 0 Å². The van der Waals surface area contributed by atoms with Crippen molar-refractivity contribution in [3.05, 3.63) is 59.9 Å². The smallest absolute Gasteiger partial charge is 0.255 e. The summed E-state index contributed by atoms with van der Waals surface area (Å²) in [6.07, 6.45) is 2.03. The molecule has 1 aliphatic rings. The Labute approximate surface area is 221 Å². The van der Waals surface area contributed by atoms with Crippen molar-refractivity contribution < 1.29 is 29.4 Å². The summed E-state index contributed by atoms with van der Waals surface area (Å²) in [5.74, 6) is -4.01. The molecule has 1 aliphatic heterocycles. The van der Waals surface area contributed by atoms with E-state index in [-0.39, 0.29) is 23.7 Å². The molecular weight excluding hydrogens is 490 g/mol. The molecule has 0 bridgehead atoms. The first kappa shape index (κ1) is 28.6. The first-order valence-electron chi connectivity index (χ1n) is 12.6. The van der Waals surface area contributed by atoms with Crippen molar-refractivity contribution in [1.29, 1.82) is 0 Å². The first-order valence-corrected chi connectivity index (χ1v) is 12.6. The van der Waals surface area contributed by atoms with E-state index in [1.165, 1.54) is 19.1 Å². The highest BCUT2D eigenvalue weighted by molar-refractivity contribution is 6.00. The van der Waals surface area contributed by atoms with Gasteiger partial charge in [0.25, 0.3) is 5.91 Å². The molecule has 0 aliphatic carbocycles. The molecule has 11 nitrogen and oxygen atoms in total. The second kappa shape index (κ2) is 12.5. The minimum absolute atomic E-state index is 0.0437. The molecule has 2 aromatic rings. The van der Waals surface area contributed by atoms with Gasteiger partial charge in [-0.2, -0.15) is 0 Å².